The van der Waals surface area contributed by atoms with E-state index in [-0.39, 0.29) is 24.2 Å². The van der Waals surface area contributed by atoms with E-state index >= 15 is 0 Å². The van der Waals surface area contributed by atoms with Crippen LogP contribution in [0.3, 0.4) is 0 Å². The van der Waals surface area contributed by atoms with Gasteiger partial charge < -0.3 is 9.31 Å². The van der Waals surface area contributed by atoms with Gasteiger partial charge in [-0.2, -0.15) is 0 Å². The molecule has 2 heterocycles. The van der Waals surface area contributed by atoms with Crippen LogP contribution in [0.2, 0.25) is 0 Å². The molecule has 24 heavy (non-hydrogen) atoms. The molecule has 2 aliphatic rings. The van der Waals surface area contributed by atoms with Gasteiger partial charge in [-0.3, -0.25) is 4.79 Å². The first-order valence-electron chi connectivity index (χ1n) is 8.53. The molecule has 0 spiro atoms. The molecule has 1 saturated carbocycles. The van der Waals surface area contributed by atoms with Crippen molar-refractivity contribution in [1.82, 2.24) is 4.98 Å². The van der Waals surface area contributed by atoms with Crippen molar-refractivity contribution in [3.63, 3.8) is 0 Å². The first-order valence-corrected chi connectivity index (χ1v) is 9.34. The maximum Gasteiger partial charge on any atom is 0.494 e. The van der Waals surface area contributed by atoms with E-state index in [0.29, 0.717) is 12.2 Å². The summed E-state index contributed by atoms with van der Waals surface area (Å²) in [6.07, 6.45) is 2.57. The Hall–Kier alpha value is -1.24. The minimum atomic E-state index is -0.363. The quantitative estimate of drug-likeness (QED) is 0.801. The van der Waals surface area contributed by atoms with Crippen LogP contribution in [0.15, 0.2) is 18.2 Å². The number of carbonyl (C=O) groups excluding carboxylic acids is 1. The third-order valence-electron chi connectivity index (χ3n) is 5.34. The minimum Gasteiger partial charge on any atom is -0.399 e. The molecule has 0 amide bonds. The van der Waals surface area contributed by atoms with Gasteiger partial charge in [0.1, 0.15) is 10.8 Å². The predicted molar refractivity (Wildman–Crippen MR) is 96.8 cm³/mol. The zero-order valence-electron chi connectivity index (χ0n) is 14.6. The molecule has 1 saturated heterocycles. The molecule has 0 N–H and O–H groups in total. The van der Waals surface area contributed by atoms with Crippen LogP contribution in [0.4, 0.5) is 0 Å². The number of benzene rings is 1. The van der Waals surface area contributed by atoms with Gasteiger partial charge in [-0.25, -0.2) is 4.98 Å². The number of fused-ring (bicyclic) bond motifs is 1. The maximum absolute atomic E-state index is 12.0. The summed E-state index contributed by atoms with van der Waals surface area (Å²) in [5, 5.41) is 0.910. The summed E-state index contributed by atoms with van der Waals surface area (Å²) in [7, 11) is -0.363. The largest absolute Gasteiger partial charge is 0.494 e. The second-order valence-corrected chi connectivity index (χ2v) is 8.96. The molecule has 2 aromatic rings. The molecule has 126 valence electrons. The van der Waals surface area contributed by atoms with Crippen molar-refractivity contribution in [2.45, 2.75) is 58.2 Å². The Morgan fingerprint density at radius 1 is 1.25 bits per heavy atom. The molecule has 1 aliphatic carbocycles. The molecule has 1 aromatic heterocycles. The van der Waals surface area contributed by atoms with E-state index in [4.69, 9.17) is 9.31 Å². The third-order valence-corrected chi connectivity index (χ3v) is 6.36. The van der Waals surface area contributed by atoms with Gasteiger partial charge in [0.25, 0.3) is 0 Å². The van der Waals surface area contributed by atoms with E-state index in [2.05, 4.69) is 38.7 Å². The van der Waals surface area contributed by atoms with Crippen molar-refractivity contribution in [2.24, 2.45) is 5.92 Å². The number of Topliss-reactive ketones (excluding diaryl/α,β-unsaturated/α-hetero) is 1. The van der Waals surface area contributed by atoms with Crippen LogP contribution in [0.5, 0.6) is 0 Å². The van der Waals surface area contributed by atoms with Crippen molar-refractivity contribution in [1.29, 1.82) is 0 Å². The first kappa shape index (κ1) is 16.2. The fraction of sp³-hybridized carbons (Fsp3) is 0.556. The average Bonchev–Trinajstić information content (AvgIpc) is 3.21. The fourth-order valence-electron chi connectivity index (χ4n) is 2.89. The first-order chi connectivity index (χ1) is 11.2. The Bertz CT molecular complexity index is 794. The van der Waals surface area contributed by atoms with Gasteiger partial charge >= 0.3 is 7.12 Å². The Morgan fingerprint density at radius 2 is 1.92 bits per heavy atom. The lowest BCUT2D eigenvalue weighted by Gasteiger charge is -2.32. The highest BCUT2D eigenvalue weighted by Gasteiger charge is 2.51. The van der Waals surface area contributed by atoms with Crippen LogP contribution in [0.25, 0.3) is 10.2 Å². The molecular weight excluding hydrogens is 321 g/mol. The van der Waals surface area contributed by atoms with Gasteiger partial charge in [-0.05, 0) is 58.1 Å². The number of nitrogens with zero attached hydrogens (tertiary/aromatic N) is 1. The summed E-state index contributed by atoms with van der Waals surface area (Å²) in [4.78, 5) is 16.6. The monoisotopic (exact) mass is 343 g/mol. The molecule has 0 unspecified atom stereocenters. The van der Waals surface area contributed by atoms with Crippen LogP contribution >= 0.6 is 11.3 Å². The number of hydrogen-bond donors (Lipinski definition) is 0. The van der Waals surface area contributed by atoms with E-state index in [9.17, 15) is 4.79 Å². The number of ketones is 1. The highest BCUT2D eigenvalue weighted by Crippen LogP contribution is 2.37. The molecule has 0 atom stereocenters. The molecule has 1 aliphatic heterocycles. The molecule has 6 heteroatoms. The summed E-state index contributed by atoms with van der Waals surface area (Å²) in [6, 6.07) is 6.09. The van der Waals surface area contributed by atoms with Crippen LogP contribution in [0.1, 0.15) is 45.5 Å². The third kappa shape index (κ3) is 2.81. The van der Waals surface area contributed by atoms with E-state index in [1.807, 2.05) is 12.1 Å². The lowest BCUT2D eigenvalue weighted by molar-refractivity contribution is -0.119. The van der Waals surface area contributed by atoms with E-state index in [1.165, 1.54) is 0 Å². The SMILES string of the molecule is CC1(C)OB(c2ccc3nc(CC(=O)C4CC4)sc3c2)OC1(C)C. The van der Waals surface area contributed by atoms with E-state index in [1.54, 1.807) is 11.3 Å². The second kappa shape index (κ2) is 5.38. The summed E-state index contributed by atoms with van der Waals surface area (Å²) in [5.41, 5.74) is 1.26. The normalized spacial score (nSPS) is 22.2. The molecule has 1 aromatic carbocycles. The Labute approximate surface area is 146 Å². The maximum atomic E-state index is 12.0. The summed E-state index contributed by atoms with van der Waals surface area (Å²) in [5.74, 6) is 0.623. The lowest BCUT2D eigenvalue weighted by Crippen LogP contribution is -2.41. The van der Waals surface area contributed by atoms with Crippen LogP contribution < -0.4 is 5.46 Å². The van der Waals surface area contributed by atoms with Gasteiger partial charge in [0, 0.05) is 5.92 Å². The second-order valence-electron chi connectivity index (χ2n) is 7.84. The van der Waals surface area contributed by atoms with Crippen LogP contribution in [0, 0.1) is 5.92 Å². The molecule has 0 bridgehead atoms. The topological polar surface area (TPSA) is 48.4 Å². The van der Waals surface area contributed by atoms with Crippen molar-refractivity contribution >= 4 is 39.9 Å². The zero-order valence-corrected chi connectivity index (χ0v) is 15.4. The van der Waals surface area contributed by atoms with Crippen molar-refractivity contribution in [2.75, 3.05) is 0 Å². The number of thiazole rings is 1. The van der Waals surface area contributed by atoms with Crippen LogP contribution in [-0.4, -0.2) is 29.1 Å². The smallest absolute Gasteiger partial charge is 0.399 e. The van der Waals surface area contributed by atoms with Crippen molar-refractivity contribution in [3.05, 3.63) is 23.2 Å². The zero-order chi connectivity index (χ0) is 17.1. The van der Waals surface area contributed by atoms with Crippen molar-refractivity contribution < 1.29 is 14.1 Å². The van der Waals surface area contributed by atoms with Gasteiger partial charge in [-0.1, -0.05) is 6.07 Å². The van der Waals surface area contributed by atoms with Crippen LogP contribution in [-0.2, 0) is 20.5 Å². The van der Waals surface area contributed by atoms with Gasteiger partial charge in [0.2, 0.25) is 0 Å². The number of aromatic nitrogens is 1. The number of hydrogen-bond acceptors (Lipinski definition) is 5. The Balaban J connectivity index is 1.58. The van der Waals surface area contributed by atoms with E-state index < -0.39 is 0 Å². The summed E-state index contributed by atoms with van der Waals surface area (Å²) >= 11 is 1.60. The van der Waals surface area contributed by atoms with Gasteiger partial charge in [-0.15, -0.1) is 11.3 Å². The van der Waals surface area contributed by atoms with Gasteiger partial charge in [0.15, 0.2) is 0 Å². The Morgan fingerprint density at radius 3 is 2.54 bits per heavy atom. The van der Waals surface area contributed by atoms with E-state index in [0.717, 1.165) is 33.5 Å². The number of carbonyl (C=O) groups is 1. The Kier molecular flexibility index (Phi) is 3.64. The molecular formula is C18H22BNO3S. The van der Waals surface area contributed by atoms with Gasteiger partial charge in [0.05, 0.1) is 27.8 Å². The summed E-state index contributed by atoms with van der Waals surface area (Å²) in [6.45, 7) is 8.22. The fourth-order valence-corrected chi connectivity index (χ4v) is 3.91. The molecule has 4 rings (SSSR count). The van der Waals surface area contributed by atoms with Crippen molar-refractivity contribution in [3.8, 4) is 0 Å². The number of rotatable bonds is 4. The summed E-state index contributed by atoms with van der Waals surface area (Å²) < 4.78 is 13.3. The molecule has 2 fully saturated rings. The minimum absolute atomic E-state index is 0.289. The average molecular weight is 343 g/mol. The predicted octanol–water partition coefficient (Wildman–Crippen LogP) is 3.12. The standard InChI is InChI=1S/C18H22BNO3S/c1-17(2)18(3,4)23-19(22-17)12-7-8-13-15(9-12)24-16(20-13)10-14(21)11-5-6-11/h7-9,11H,5-6,10H2,1-4H3. The molecule has 4 nitrogen and oxygen atoms in total. The molecule has 0 radical (unpaired) electrons. The lowest BCUT2D eigenvalue weighted by atomic mass is 9.79. The highest BCUT2D eigenvalue weighted by atomic mass is 32.1. The highest BCUT2D eigenvalue weighted by molar-refractivity contribution is 7.18.